The van der Waals surface area contributed by atoms with E-state index in [1.165, 1.54) is 24.8 Å². The van der Waals surface area contributed by atoms with Crippen molar-refractivity contribution in [3.63, 3.8) is 0 Å². The van der Waals surface area contributed by atoms with Crippen LogP contribution in [0.1, 0.15) is 30.4 Å². The number of aliphatic hydroxyl groups excluding tert-OH is 1. The zero-order valence-electron chi connectivity index (χ0n) is 15.0. The van der Waals surface area contributed by atoms with Crippen LogP contribution in [0.25, 0.3) is 0 Å². The number of likely N-dealkylation sites (tertiary alicyclic amines) is 1. The Bertz CT molecular complexity index is 608. The van der Waals surface area contributed by atoms with Crippen LogP contribution >= 0.6 is 0 Å². The highest BCUT2D eigenvalue weighted by Gasteiger charge is 2.32. The van der Waals surface area contributed by atoms with Crippen molar-refractivity contribution >= 4 is 0 Å². The first kappa shape index (κ1) is 18.1. The molecule has 1 saturated heterocycles. The number of rotatable bonds is 8. The van der Waals surface area contributed by atoms with Crippen molar-refractivity contribution in [2.45, 2.75) is 38.5 Å². The van der Waals surface area contributed by atoms with Gasteiger partial charge in [0.25, 0.3) is 0 Å². The Balaban J connectivity index is 1.54. The predicted molar refractivity (Wildman–Crippen MR) is 101 cm³/mol. The van der Waals surface area contributed by atoms with Gasteiger partial charge in [0.15, 0.2) is 0 Å². The highest BCUT2D eigenvalue weighted by molar-refractivity contribution is 5.14. The monoisotopic (exact) mass is 340 g/mol. The molecule has 0 unspecified atom stereocenters. The average molecular weight is 340 g/mol. The van der Waals surface area contributed by atoms with Crippen LogP contribution < -0.4 is 0 Å². The lowest BCUT2D eigenvalue weighted by Crippen LogP contribution is -2.55. The minimum atomic E-state index is -0.412. The van der Waals surface area contributed by atoms with E-state index in [4.69, 9.17) is 4.74 Å². The summed E-state index contributed by atoms with van der Waals surface area (Å²) in [6.07, 6.45) is 3.41. The van der Waals surface area contributed by atoms with Gasteiger partial charge in [-0.05, 0) is 24.8 Å². The minimum Gasteiger partial charge on any atom is -0.385 e. The molecular formula is C22H30NO2+. The second-order valence-corrected chi connectivity index (χ2v) is 7.33. The van der Waals surface area contributed by atoms with E-state index in [9.17, 15) is 5.11 Å². The van der Waals surface area contributed by atoms with E-state index >= 15 is 0 Å². The summed E-state index contributed by atoms with van der Waals surface area (Å²) < 4.78 is 6.74. The van der Waals surface area contributed by atoms with Crippen LogP contribution in [0.15, 0.2) is 60.7 Å². The molecular weight excluding hydrogens is 310 g/mol. The molecule has 134 valence electrons. The Morgan fingerprint density at radius 1 is 0.840 bits per heavy atom. The molecule has 25 heavy (non-hydrogen) atoms. The van der Waals surface area contributed by atoms with E-state index in [0.29, 0.717) is 13.2 Å². The number of benzene rings is 2. The van der Waals surface area contributed by atoms with Gasteiger partial charge < -0.3 is 14.3 Å². The molecule has 0 bridgehead atoms. The van der Waals surface area contributed by atoms with Gasteiger partial charge >= 0.3 is 0 Å². The molecule has 3 heteroatoms. The first-order valence-corrected chi connectivity index (χ1v) is 9.45. The summed E-state index contributed by atoms with van der Waals surface area (Å²) in [6, 6.07) is 20.8. The number of hydrogen-bond donors (Lipinski definition) is 1. The molecule has 2 aromatic rings. The standard InChI is InChI=1S/C22H30NO2/c24-22(19-25-18-21-12-6-2-7-13-21)17-23(14-8-3-9-15-23)16-20-10-4-1-5-11-20/h1-2,4-7,10-13,22,24H,3,8-9,14-19H2/q+1/t22-/m1/s1. The molecule has 2 aromatic carbocycles. The Kier molecular flexibility index (Phi) is 6.62. The maximum atomic E-state index is 10.6. The molecule has 3 nitrogen and oxygen atoms in total. The molecule has 0 aromatic heterocycles. The molecule has 0 saturated carbocycles. The lowest BCUT2D eigenvalue weighted by Gasteiger charge is -2.42. The smallest absolute Gasteiger partial charge is 0.126 e. The molecule has 0 aliphatic carbocycles. The topological polar surface area (TPSA) is 29.5 Å². The Labute approximate surface area is 151 Å². The summed E-state index contributed by atoms with van der Waals surface area (Å²) in [5.41, 5.74) is 2.52. The first-order valence-electron chi connectivity index (χ1n) is 9.45. The van der Waals surface area contributed by atoms with Gasteiger partial charge in [0, 0.05) is 5.56 Å². The number of aliphatic hydroxyl groups is 1. The third kappa shape index (κ3) is 5.67. The number of ether oxygens (including phenoxy) is 1. The lowest BCUT2D eigenvalue weighted by atomic mass is 10.0. The van der Waals surface area contributed by atoms with Crippen molar-refractivity contribution < 1.29 is 14.3 Å². The maximum absolute atomic E-state index is 10.6. The maximum Gasteiger partial charge on any atom is 0.126 e. The highest BCUT2D eigenvalue weighted by atomic mass is 16.5. The fourth-order valence-electron chi connectivity index (χ4n) is 3.95. The Hall–Kier alpha value is -1.68. The second kappa shape index (κ2) is 9.14. The summed E-state index contributed by atoms with van der Waals surface area (Å²) in [7, 11) is 0. The van der Waals surface area contributed by atoms with Crippen LogP contribution in [-0.2, 0) is 17.9 Å². The van der Waals surface area contributed by atoms with Gasteiger partial charge in [-0.3, -0.25) is 0 Å². The van der Waals surface area contributed by atoms with E-state index < -0.39 is 6.10 Å². The molecule has 0 spiro atoms. The third-order valence-electron chi connectivity index (χ3n) is 5.15. The van der Waals surface area contributed by atoms with Crippen molar-refractivity contribution in [2.75, 3.05) is 26.2 Å². The summed E-state index contributed by atoms with van der Waals surface area (Å²) in [5, 5.41) is 10.6. The van der Waals surface area contributed by atoms with Crippen LogP contribution in [-0.4, -0.2) is 41.9 Å². The van der Waals surface area contributed by atoms with Gasteiger partial charge in [-0.25, -0.2) is 0 Å². The summed E-state index contributed by atoms with van der Waals surface area (Å²) >= 11 is 0. The fourth-order valence-corrected chi connectivity index (χ4v) is 3.95. The molecule has 1 heterocycles. The molecule has 1 aliphatic rings. The number of piperidine rings is 1. The lowest BCUT2D eigenvalue weighted by molar-refractivity contribution is -0.947. The van der Waals surface area contributed by atoms with Gasteiger partial charge in [0.05, 0.1) is 26.3 Å². The van der Waals surface area contributed by atoms with Gasteiger partial charge in [-0.1, -0.05) is 60.7 Å². The largest absolute Gasteiger partial charge is 0.385 e. The highest BCUT2D eigenvalue weighted by Crippen LogP contribution is 2.23. The van der Waals surface area contributed by atoms with E-state index in [2.05, 4.69) is 42.5 Å². The normalized spacial score (nSPS) is 18.0. The molecule has 3 rings (SSSR count). The van der Waals surface area contributed by atoms with Crippen LogP contribution in [0.3, 0.4) is 0 Å². The Morgan fingerprint density at radius 2 is 1.44 bits per heavy atom. The van der Waals surface area contributed by atoms with Gasteiger partial charge in [-0.2, -0.15) is 0 Å². The van der Waals surface area contributed by atoms with Crippen LogP contribution in [0.5, 0.6) is 0 Å². The second-order valence-electron chi connectivity index (χ2n) is 7.33. The first-order chi connectivity index (χ1) is 12.3. The zero-order chi connectivity index (χ0) is 17.4. The molecule has 1 N–H and O–H groups in total. The van der Waals surface area contributed by atoms with Gasteiger partial charge in [-0.15, -0.1) is 0 Å². The SMILES string of the molecule is O[C@@H](COCc1ccccc1)C[N+]1(Cc2ccccc2)CCCCC1. The molecule has 0 amide bonds. The predicted octanol–water partition coefficient (Wildman–Crippen LogP) is 3.77. The van der Waals surface area contributed by atoms with E-state index in [-0.39, 0.29) is 0 Å². The van der Waals surface area contributed by atoms with E-state index in [1.54, 1.807) is 0 Å². The average Bonchev–Trinajstić information content (AvgIpc) is 2.64. The van der Waals surface area contributed by atoms with Crippen molar-refractivity contribution in [1.82, 2.24) is 0 Å². The number of nitrogens with zero attached hydrogens (tertiary/aromatic N) is 1. The van der Waals surface area contributed by atoms with E-state index in [1.807, 2.05) is 18.2 Å². The third-order valence-corrected chi connectivity index (χ3v) is 5.15. The fraction of sp³-hybridized carbons (Fsp3) is 0.455. The minimum absolute atomic E-state index is 0.406. The molecule has 0 radical (unpaired) electrons. The number of hydrogen-bond acceptors (Lipinski definition) is 2. The van der Waals surface area contributed by atoms with Crippen LogP contribution in [0.4, 0.5) is 0 Å². The van der Waals surface area contributed by atoms with Crippen LogP contribution in [0.2, 0.25) is 0 Å². The number of quaternary nitrogens is 1. The van der Waals surface area contributed by atoms with Crippen molar-refractivity contribution in [3.8, 4) is 0 Å². The summed E-state index contributed by atoms with van der Waals surface area (Å²) in [6.45, 7) is 5.08. The quantitative estimate of drug-likeness (QED) is 0.741. The van der Waals surface area contributed by atoms with Crippen molar-refractivity contribution in [1.29, 1.82) is 0 Å². The van der Waals surface area contributed by atoms with Gasteiger partial charge in [0.2, 0.25) is 0 Å². The zero-order valence-corrected chi connectivity index (χ0v) is 15.0. The molecule has 1 atom stereocenters. The molecule has 1 fully saturated rings. The van der Waals surface area contributed by atoms with Crippen molar-refractivity contribution in [2.24, 2.45) is 0 Å². The van der Waals surface area contributed by atoms with Crippen LogP contribution in [0, 0.1) is 0 Å². The summed E-state index contributed by atoms with van der Waals surface area (Å²) in [4.78, 5) is 0. The summed E-state index contributed by atoms with van der Waals surface area (Å²) in [5.74, 6) is 0. The molecule has 1 aliphatic heterocycles. The van der Waals surface area contributed by atoms with E-state index in [0.717, 1.165) is 36.2 Å². The van der Waals surface area contributed by atoms with Crippen molar-refractivity contribution in [3.05, 3.63) is 71.8 Å². The van der Waals surface area contributed by atoms with Gasteiger partial charge in [0.1, 0.15) is 19.2 Å². The Morgan fingerprint density at radius 3 is 2.08 bits per heavy atom.